The summed E-state index contributed by atoms with van der Waals surface area (Å²) >= 11 is 2.22. The van der Waals surface area contributed by atoms with Gasteiger partial charge in [-0.2, -0.15) is 4.98 Å². The molecule has 1 N–H and O–H groups in total. The maximum absolute atomic E-state index is 14.6. The summed E-state index contributed by atoms with van der Waals surface area (Å²) in [5.74, 6) is -2.03. The Labute approximate surface area is 229 Å². The van der Waals surface area contributed by atoms with E-state index in [0.29, 0.717) is 55.4 Å². The van der Waals surface area contributed by atoms with E-state index in [1.54, 1.807) is 24.0 Å². The van der Waals surface area contributed by atoms with Gasteiger partial charge in [-0.05, 0) is 72.0 Å². The molecule has 1 amide bonds. The van der Waals surface area contributed by atoms with Crippen LogP contribution < -0.4 is 15.1 Å². The fourth-order valence-electron chi connectivity index (χ4n) is 4.73. The van der Waals surface area contributed by atoms with Crippen LogP contribution in [0.3, 0.4) is 0 Å². The highest BCUT2D eigenvalue weighted by Gasteiger charge is 2.35. The lowest BCUT2D eigenvalue weighted by molar-refractivity contribution is -0.0222. The van der Waals surface area contributed by atoms with Crippen molar-refractivity contribution in [2.24, 2.45) is 5.92 Å². The highest BCUT2D eigenvalue weighted by Crippen LogP contribution is 2.32. The molecule has 0 unspecified atom stereocenters. The van der Waals surface area contributed by atoms with E-state index in [9.17, 15) is 18.0 Å². The number of carbonyl (C=O) groups is 1. The number of alkyl halides is 2. The molecule has 0 saturated carbocycles. The molecule has 0 bridgehead atoms. The first kappa shape index (κ1) is 27.7. The smallest absolute Gasteiger partial charge is 0.258 e. The van der Waals surface area contributed by atoms with E-state index >= 15 is 0 Å². The maximum Gasteiger partial charge on any atom is 0.258 e. The van der Waals surface area contributed by atoms with Gasteiger partial charge in [-0.25, -0.2) is 18.2 Å². The van der Waals surface area contributed by atoms with E-state index in [1.807, 2.05) is 26.0 Å². The number of aromatic nitrogens is 2. The standard InChI is InChI=1S/C27H33F3IN5O/c1-17(2)14-22(28)19-6-10-35(11-7-19)23-16-20(31)4-5-21(23)25(37)33-24-15-18(3)32-26(34-24)36-12-8-27(29,30)9-13-36/h4-5,15-17H,6-14H2,1-3H3,(H,32,33,34,37). The molecule has 37 heavy (non-hydrogen) atoms. The summed E-state index contributed by atoms with van der Waals surface area (Å²) in [6.07, 6.45) is 1.24. The number of aryl methyl sites for hydroxylation is 1. The van der Waals surface area contributed by atoms with Crippen LogP contribution in [-0.4, -0.2) is 48.0 Å². The first-order valence-electron chi connectivity index (χ1n) is 12.7. The van der Waals surface area contributed by atoms with Gasteiger partial charge in [-0.1, -0.05) is 13.8 Å². The molecular formula is C27H33F3IN5O. The fraction of sp³-hybridized carbons (Fsp3) is 0.519. The topological polar surface area (TPSA) is 61.4 Å². The number of carbonyl (C=O) groups excluding carboxylic acids is 1. The lowest BCUT2D eigenvalue weighted by Crippen LogP contribution is -2.40. The van der Waals surface area contributed by atoms with Crippen molar-refractivity contribution in [1.29, 1.82) is 0 Å². The van der Waals surface area contributed by atoms with Crippen LogP contribution in [0.4, 0.5) is 30.6 Å². The molecule has 0 aliphatic carbocycles. The molecule has 6 nitrogen and oxygen atoms in total. The van der Waals surface area contributed by atoms with Crippen molar-refractivity contribution in [2.45, 2.75) is 58.8 Å². The summed E-state index contributed by atoms with van der Waals surface area (Å²) < 4.78 is 42.7. The number of rotatable bonds is 6. The number of benzene rings is 1. The number of nitrogens with zero attached hydrogens (tertiary/aromatic N) is 4. The number of amides is 1. The van der Waals surface area contributed by atoms with Crippen LogP contribution >= 0.6 is 22.6 Å². The summed E-state index contributed by atoms with van der Waals surface area (Å²) in [7, 11) is 0. The fourth-order valence-corrected chi connectivity index (χ4v) is 5.20. The average Bonchev–Trinajstić information content (AvgIpc) is 2.83. The minimum atomic E-state index is -2.66. The number of piperidine rings is 2. The van der Waals surface area contributed by atoms with Gasteiger partial charge in [-0.3, -0.25) is 4.79 Å². The Morgan fingerprint density at radius 2 is 1.76 bits per heavy atom. The molecule has 0 atom stereocenters. The largest absolute Gasteiger partial charge is 0.370 e. The van der Waals surface area contributed by atoms with Crippen LogP contribution in [0.1, 0.15) is 62.0 Å². The molecule has 1 aromatic heterocycles. The summed E-state index contributed by atoms with van der Waals surface area (Å²) in [6.45, 7) is 7.41. The number of anilines is 3. The summed E-state index contributed by atoms with van der Waals surface area (Å²) in [5, 5.41) is 2.88. The van der Waals surface area contributed by atoms with E-state index in [0.717, 1.165) is 14.8 Å². The van der Waals surface area contributed by atoms with Crippen molar-refractivity contribution in [3.8, 4) is 0 Å². The zero-order chi connectivity index (χ0) is 26.7. The van der Waals surface area contributed by atoms with Crippen LogP contribution in [0, 0.1) is 16.4 Å². The van der Waals surface area contributed by atoms with E-state index in [-0.39, 0.29) is 43.6 Å². The van der Waals surface area contributed by atoms with Crippen molar-refractivity contribution in [3.05, 3.63) is 50.5 Å². The summed E-state index contributed by atoms with van der Waals surface area (Å²) in [6, 6.07) is 7.31. The lowest BCUT2D eigenvalue weighted by atomic mass is 9.98. The number of allylic oxidation sites excluding steroid dienone is 1. The normalized spacial score (nSPS) is 17.8. The number of halogens is 4. The molecule has 10 heteroatoms. The van der Waals surface area contributed by atoms with Crippen molar-refractivity contribution in [2.75, 3.05) is 41.3 Å². The summed E-state index contributed by atoms with van der Waals surface area (Å²) in [4.78, 5) is 26.1. The van der Waals surface area contributed by atoms with Crippen LogP contribution in [0.5, 0.6) is 0 Å². The Kier molecular flexibility index (Phi) is 8.65. The predicted molar refractivity (Wildman–Crippen MR) is 149 cm³/mol. The predicted octanol–water partition coefficient (Wildman–Crippen LogP) is 6.75. The van der Waals surface area contributed by atoms with Gasteiger partial charge < -0.3 is 15.1 Å². The Bertz CT molecular complexity index is 1170. The van der Waals surface area contributed by atoms with Crippen LogP contribution in [0.25, 0.3) is 0 Å². The minimum Gasteiger partial charge on any atom is -0.370 e. The molecule has 4 rings (SSSR count). The molecule has 200 valence electrons. The molecule has 1 aromatic carbocycles. The Morgan fingerprint density at radius 1 is 1.08 bits per heavy atom. The number of hydrogen-bond donors (Lipinski definition) is 1. The summed E-state index contributed by atoms with van der Waals surface area (Å²) in [5.41, 5.74) is 2.82. The van der Waals surface area contributed by atoms with E-state index in [2.05, 4.69) is 42.8 Å². The highest BCUT2D eigenvalue weighted by molar-refractivity contribution is 14.1. The highest BCUT2D eigenvalue weighted by atomic mass is 127. The first-order chi connectivity index (χ1) is 17.5. The van der Waals surface area contributed by atoms with Crippen LogP contribution in [0.2, 0.25) is 0 Å². The minimum absolute atomic E-state index is 0.00242. The zero-order valence-corrected chi connectivity index (χ0v) is 23.6. The van der Waals surface area contributed by atoms with Crippen LogP contribution in [0.15, 0.2) is 35.7 Å². The molecule has 0 spiro atoms. The number of hydrogen-bond acceptors (Lipinski definition) is 5. The van der Waals surface area contributed by atoms with Crippen molar-refractivity contribution in [1.82, 2.24) is 9.97 Å². The third-order valence-corrected chi connectivity index (χ3v) is 7.42. The second kappa shape index (κ2) is 11.6. The van der Waals surface area contributed by atoms with Gasteiger partial charge in [0, 0.05) is 60.8 Å². The monoisotopic (exact) mass is 627 g/mol. The van der Waals surface area contributed by atoms with Gasteiger partial charge in [0.05, 0.1) is 17.1 Å². The van der Waals surface area contributed by atoms with Gasteiger partial charge in [0.2, 0.25) is 5.95 Å². The molecule has 2 aliphatic heterocycles. The van der Waals surface area contributed by atoms with Gasteiger partial charge in [0.15, 0.2) is 0 Å². The zero-order valence-electron chi connectivity index (χ0n) is 21.5. The first-order valence-corrected chi connectivity index (χ1v) is 13.8. The molecule has 2 saturated heterocycles. The van der Waals surface area contributed by atoms with E-state index in [4.69, 9.17) is 0 Å². The maximum atomic E-state index is 14.6. The third kappa shape index (κ3) is 7.14. The van der Waals surface area contributed by atoms with E-state index in [1.165, 1.54) is 0 Å². The molecule has 2 fully saturated rings. The second-order valence-electron chi connectivity index (χ2n) is 10.2. The second-order valence-corrected chi connectivity index (χ2v) is 11.5. The number of nitrogens with one attached hydrogen (secondary N) is 1. The van der Waals surface area contributed by atoms with Crippen LogP contribution in [-0.2, 0) is 0 Å². The van der Waals surface area contributed by atoms with Crippen molar-refractivity contribution < 1.29 is 18.0 Å². The van der Waals surface area contributed by atoms with Gasteiger partial charge in [0.25, 0.3) is 11.8 Å². The van der Waals surface area contributed by atoms with Gasteiger partial charge in [-0.15, -0.1) is 0 Å². The molecular weight excluding hydrogens is 594 g/mol. The Morgan fingerprint density at radius 3 is 2.41 bits per heavy atom. The SMILES string of the molecule is Cc1cc(NC(=O)c2ccc(I)cc2N2CCC(=C(F)CC(C)C)CC2)nc(N2CCC(F)(F)CC2)n1. The average molecular weight is 627 g/mol. The van der Waals surface area contributed by atoms with Crippen molar-refractivity contribution >= 4 is 46.0 Å². The molecule has 3 heterocycles. The third-order valence-electron chi connectivity index (χ3n) is 6.74. The molecule has 0 radical (unpaired) electrons. The molecule has 2 aliphatic rings. The van der Waals surface area contributed by atoms with Gasteiger partial charge in [0.1, 0.15) is 5.82 Å². The Balaban J connectivity index is 1.50. The molecule has 2 aromatic rings. The lowest BCUT2D eigenvalue weighted by Gasteiger charge is -2.32. The Hall–Kier alpha value is -2.37. The van der Waals surface area contributed by atoms with E-state index < -0.39 is 5.92 Å². The van der Waals surface area contributed by atoms with Crippen molar-refractivity contribution in [3.63, 3.8) is 0 Å². The quantitative estimate of drug-likeness (QED) is 0.360. The van der Waals surface area contributed by atoms with Gasteiger partial charge >= 0.3 is 0 Å².